The van der Waals surface area contributed by atoms with E-state index in [1.165, 1.54) is 21.1 Å². The van der Waals surface area contributed by atoms with Crippen molar-refractivity contribution < 1.29 is 22.1 Å². The minimum absolute atomic E-state index is 0.920. The molecule has 0 fully saturated rings. The first-order chi connectivity index (χ1) is 4.83. The van der Waals surface area contributed by atoms with Gasteiger partial charge in [-0.15, -0.1) is 0 Å². The zero-order valence-corrected chi connectivity index (χ0v) is 7.77. The monoisotopic (exact) mass is 184 g/mol. The van der Waals surface area contributed by atoms with Gasteiger partial charge in [0, 0.05) is 21.1 Å². The van der Waals surface area contributed by atoms with Crippen LogP contribution in [0, 0.1) is 0 Å². The Morgan fingerprint density at radius 1 is 1.18 bits per heavy atom. The van der Waals surface area contributed by atoms with Crippen LogP contribution in [0.5, 0.6) is 0 Å². The van der Waals surface area contributed by atoms with E-state index in [2.05, 4.69) is 13.7 Å². The van der Waals surface area contributed by atoms with Crippen LogP contribution in [0.15, 0.2) is 0 Å². The standard InChI is InChI=1S/C5H12O5S/c1-5(8-2,9-3)10-11(4,6)7/h1-4H3. The maximum atomic E-state index is 10.6. The van der Waals surface area contributed by atoms with Gasteiger partial charge in [-0.25, -0.2) is 4.18 Å². The number of hydrogen-bond acceptors (Lipinski definition) is 5. The van der Waals surface area contributed by atoms with Gasteiger partial charge in [-0.2, -0.15) is 8.42 Å². The molecule has 0 aliphatic rings. The highest BCUT2D eigenvalue weighted by atomic mass is 32.2. The maximum Gasteiger partial charge on any atom is 0.294 e. The molecule has 0 heterocycles. The molecule has 0 unspecified atom stereocenters. The van der Waals surface area contributed by atoms with Crippen LogP contribution in [0.3, 0.4) is 0 Å². The van der Waals surface area contributed by atoms with Gasteiger partial charge in [-0.05, 0) is 0 Å². The summed E-state index contributed by atoms with van der Waals surface area (Å²) >= 11 is 0. The molecule has 0 rings (SSSR count). The van der Waals surface area contributed by atoms with E-state index in [0.29, 0.717) is 0 Å². The summed E-state index contributed by atoms with van der Waals surface area (Å²) in [4.78, 5) is 0. The fraction of sp³-hybridized carbons (Fsp3) is 1.00. The molecular formula is C5H12O5S. The van der Waals surface area contributed by atoms with Crippen LogP contribution in [-0.2, 0) is 23.8 Å². The minimum atomic E-state index is -3.56. The lowest BCUT2D eigenvalue weighted by molar-refractivity contribution is -0.307. The molecule has 5 nitrogen and oxygen atoms in total. The summed E-state index contributed by atoms with van der Waals surface area (Å²) in [5.41, 5.74) is 0. The third kappa shape index (κ3) is 4.31. The van der Waals surface area contributed by atoms with Gasteiger partial charge >= 0.3 is 0 Å². The summed E-state index contributed by atoms with van der Waals surface area (Å²) < 4.78 is 34.9. The van der Waals surface area contributed by atoms with Crippen molar-refractivity contribution in [2.24, 2.45) is 0 Å². The van der Waals surface area contributed by atoms with Gasteiger partial charge < -0.3 is 9.47 Å². The Labute approximate surface area is 66.4 Å². The van der Waals surface area contributed by atoms with Gasteiger partial charge in [-0.1, -0.05) is 0 Å². The van der Waals surface area contributed by atoms with Gasteiger partial charge in [0.15, 0.2) is 0 Å². The lowest BCUT2D eigenvalue weighted by Gasteiger charge is -2.23. The third-order valence-corrected chi connectivity index (χ3v) is 1.65. The normalized spacial score (nSPS) is 13.5. The average molecular weight is 184 g/mol. The molecule has 0 atom stereocenters. The first-order valence-electron chi connectivity index (χ1n) is 2.84. The van der Waals surface area contributed by atoms with Crippen LogP contribution in [0.2, 0.25) is 0 Å². The van der Waals surface area contributed by atoms with E-state index in [-0.39, 0.29) is 0 Å². The topological polar surface area (TPSA) is 61.8 Å². The van der Waals surface area contributed by atoms with Crippen molar-refractivity contribution in [3.8, 4) is 0 Å². The van der Waals surface area contributed by atoms with E-state index in [9.17, 15) is 8.42 Å². The van der Waals surface area contributed by atoms with Gasteiger partial charge in [0.2, 0.25) is 0 Å². The largest absolute Gasteiger partial charge is 0.330 e. The Morgan fingerprint density at radius 3 is 1.64 bits per heavy atom. The van der Waals surface area contributed by atoms with E-state index in [4.69, 9.17) is 0 Å². The van der Waals surface area contributed by atoms with Crippen molar-refractivity contribution in [1.82, 2.24) is 0 Å². The molecule has 0 aliphatic heterocycles. The minimum Gasteiger partial charge on any atom is -0.330 e. The molecule has 0 aromatic rings. The smallest absolute Gasteiger partial charge is 0.294 e. The molecule has 0 saturated carbocycles. The van der Waals surface area contributed by atoms with Crippen LogP contribution >= 0.6 is 0 Å². The molecule has 0 aromatic heterocycles. The molecule has 0 aliphatic carbocycles. The molecule has 6 heteroatoms. The second-order valence-corrected chi connectivity index (χ2v) is 3.63. The quantitative estimate of drug-likeness (QED) is 0.452. The Hall–Kier alpha value is -0.170. The highest BCUT2D eigenvalue weighted by Gasteiger charge is 2.28. The predicted molar refractivity (Wildman–Crippen MR) is 38.4 cm³/mol. The van der Waals surface area contributed by atoms with Crippen LogP contribution in [0.4, 0.5) is 0 Å². The Morgan fingerprint density at radius 2 is 1.55 bits per heavy atom. The van der Waals surface area contributed by atoms with Gasteiger partial charge in [0.05, 0.1) is 6.26 Å². The lowest BCUT2D eigenvalue weighted by Crippen LogP contribution is -2.35. The number of methoxy groups -OCH3 is 2. The van der Waals surface area contributed by atoms with Gasteiger partial charge in [0.1, 0.15) is 0 Å². The molecule has 0 N–H and O–H groups in total. The van der Waals surface area contributed by atoms with Crippen LogP contribution in [-0.4, -0.2) is 34.9 Å². The van der Waals surface area contributed by atoms with Crippen molar-refractivity contribution in [3.63, 3.8) is 0 Å². The Kier molecular flexibility index (Phi) is 3.43. The second-order valence-electron chi connectivity index (χ2n) is 2.06. The molecule has 0 bridgehead atoms. The second kappa shape index (κ2) is 3.48. The summed E-state index contributed by atoms with van der Waals surface area (Å²) in [6, 6.07) is 0. The molecule has 0 radical (unpaired) electrons. The summed E-state index contributed by atoms with van der Waals surface area (Å²) in [5, 5.41) is 0. The first kappa shape index (κ1) is 10.8. The average Bonchev–Trinajstić information content (AvgIpc) is 1.84. The van der Waals surface area contributed by atoms with Gasteiger partial charge in [-0.3, -0.25) is 0 Å². The van der Waals surface area contributed by atoms with E-state index >= 15 is 0 Å². The summed E-state index contributed by atoms with van der Waals surface area (Å²) in [6.45, 7) is 1.36. The molecule has 11 heavy (non-hydrogen) atoms. The molecule has 0 spiro atoms. The van der Waals surface area contributed by atoms with Crippen molar-refractivity contribution in [3.05, 3.63) is 0 Å². The zero-order valence-electron chi connectivity index (χ0n) is 6.95. The fourth-order valence-corrected chi connectivity index (χ4v) is 1.11. The van der Waals surface area contributed by atoms with Crippen LogP contribution < -0.4 is 0 Å². The van der Waals surface area contributed by atoms with Crippen molar-refractivity contribution in [2.75, 3.05) is 20.5 Å². The molecule has 0 aromatic carbocycles. The van der Waals surface area contributed by atoms with Gasteiger partial charge in [0.25, 0.3) is 16.1 Å². The highest BCUT2D eigenvalue weighted by molar-refractivity contribution is 7.86. The summed E-state index contributed by atoms with van der Waals surface area (Å²) in [5.74, 6) is -1.52. The first-order valence-corrected chi connectivity index (χ1v) is 4.65. The van der Waals surface area contributed by atoms with E-state index in [1.54, 1.807) is 0 Å². The maximum absolute atomic E-state index is 10.6. The SMILES string of the molecule is COC(C)(OC)OS(C)(=O)=O. The summed E-state index contributed by atoms with van der Waals surface area (Å²) in [7, 11) is -0.983. The molecular weight excluding hydrogens is 172 g/mol. The Balaban J connectivity index is 4.32. The van der Waals surface area contributed by atoms with Crippen molar-refractivity contribution in [1.29, 1.82) is 0 Å². The molecule has 0 amide bonds. The lowest BCUT2D eigenvalue weighted by atomic mass is 10.7. The number of rotatable bonds is 4. The predicted octanol–water partition coefficient (Wildman–Crippen LogP) is -0.0709. The van der Waals surface area contributed by atoms with E-state index < -0.39 is 16.1 Å². The number of hydrogen-bond donors (Lipinski definition) is 0. The zero-order chi connectivity index (χ0) is 9.12. The van der Waals surface area contributed by atoms with Crippen molar-refractivity contribution >= 4 is 10.1 Å². The highest BCUT2D eigenvalue weighted by Crippen LogP contribution is 2.13. The van der Waals surface area contributed by atoms with E-state index in [0.717, 1.165) is 6.26 Å². The summed E-state index contributed by atoms with van der Waals surface area (Å²) in [6.07, 6.45) is 0.920. The fourth-order valence-electron chi connectivity index (χ4n) is 0.426. The third-order valence-electron chi connectivity index (χ3n) is 1.04. The molecule has 68 valence electrons. The van der Waals surface area contributed by atoms with Crippen molar-refractivity contribution in [2.45, 2.75) is 12.9 Å². The molecule has 0 saturated heterocycles. The van der Waals surface area contributed by atoms with E-state index in [1.807, 2.05) is 0 Å². The van der Waals surface area contributed by atoms with Crippen LogP contribution in [0.1, 0.15) is 6.92 Å². The van der Waals surface area contributed by atoms with Crippen LogP contribution in [0.25, 0.3) is 0 Å². The number of ether oxygens (including phenoxy) is 2. The Bertz CT molecular complexity index is 203.